The number of benzene rings is 2. The van der Waals surface area contributed by atoms with Crippen LogP contribution in [0.1, 0.15) is 23.6 Å². The summed E-state index contributed by atoms with van der Waals surface area (Å²) >= 11 is 0. The van der Waals surface area contributed by atoms with Crippen LogP contribution in [0.25, 0.3) is 0 Å². The topological polar surface area (TPSA) is 32.8 Å². The van der Waals surface area contributed by atoms with Crippen molar-refractivity contribution in [3.8, 4) is 5.75 Å². The second-order valence-electron chi connectivity index (χ2n) is 7.88. The Morgan fingerprint density at radius 3 is 2.71 bits per heavy atom. The van der Waals surface area contributed by atoms with Gasteiger partial charge in [0.2, 0.25) is 5.91 Å². The molecule has 5 heteroatoms. The van der Waals surface area contributed by atoms with Crippen LogP contribution in [0.3, 0.4) is 0 Å². The standard InChI is InChI=1S/C23H27FN2O2/c1-17(13-18-3-2-4-21(24)15-18)23(27)26-10-8-25(9-11-26)16-19-5-6-22-20(14-19)7-12-28-22/h2-6,14-15,17H,7-13,16H2,1H3. The molecule has 0 N–H and O–H groups in total. The fraction of sp³-hybridized carbons (Fsp3) is 0.435. The summed E-state index contributed by atoms with van der Waals surface area (Å²) in [6.07, 6.45) is 1.57. The molecule has 2 aromatic rings. The number of piperazine rings is 1. The minimum atomic E-state index is -0.246. The van der Waals surface area contributed by atoms with Gasteiger partial charge in [-0.2, -0.15) is 0 Å². The van der Waals surface area contributed by atoms with Crippen LogP contribution >= 0.6 is 0 Å². The SMILES string of the molecule is CC(Cc1cccc(F)c1)C(=O)N1CCN(Cc2ccc3c(c2)CCO3)CC1. The highest BCUT2D eigenvalue weighted by atomic mass is 19.1. The van der Waals surface area contributed by atoms with Gasteiger partial charge in [-0.25, -0.2) is 4.39 Å². The molecule has 0 radical (unpaired) electrons. The fourth-order valence-corrected chi connectivity index (χ4v) is 4.14. The first kappa shape index (κ1) is 18.9. The van der Waals surface area contributed by atoms with Crippen molar-refractivity contribution in [2.45, 2.75) is 26.3 Å². The average Bonchev–Trinajstić information content (AvgIpc) is 3.16. The molecule has 1 amide bonds. The summed E-state index contributed by atoms with van der Waals surface area (Å²) < 4.78 is 18.9. The van der Waals surface area contributed by atoms with Crippen molar-refractivity contribution >= 4 is 5.91 Å². The van der Waals surface area contributed by atoms with E-state index in [1.807, 2.05) is 17.9 Å². The van der Waals surface area contributed by atoms with Gasteiger partial charge in [-0.05, 0) is 41.3 Å². The number of carbonyl (C=O) groups excluding carboxylic acids is 1. The lowest BCUT2D eigenvalue weighted by molar-refractivity contribution is -0.136. The zero-order chi connectivity index (χ0) is 19.5. The van der Waals surface area contributed by atoms with Crippen LogP contribution in [0.5, 0.6) is 5.75 Å². The number of carbonyl (C=O) groups is 1. The zero-order valence-corrected chi connectivity index (χ0v) is 16.4. The molecule has 1 unspecified atom stereocenters. The number of halogens is 1. The van der Waals surface area contributed by atoms with E-state index in [2.05, 4.69) is 23.1 Å². The Morgan fingerprint density at radius 2 is 1.93 bits per heavy atom. The molecule has 1 saturated heterocycles. The molecule has 1 atom stereocenters. The van der Waals surface area contributed by atoms with Crippen LogP contribution in [0.4, 0.5) is 4.39 Å². The highest BCUT2D eigenvalue weighted by Crippen LogP contribution is 2.26. The van der Waals surface area contributed by atoms with Crippen molar-refractivity contribution in [2.75, 3.05) is 32.8 Å². The summed E-state index contributed by atoms with van der Waals surface area (Å²) in [7, 11) is 0. The maximum atomic E-state index is 13.4. The highest BCUT2D eigenvalue weighted by molar-refractivity contribution is 5.79. The first-order valence-corrected chi connectivity index (χ1v) is 10.1. The fourth-order valence-electron chi connectivity index (χ4n) is 4.14. The summed E-state index contributed by atoms with van der Waals surface area (Å²) in [5.74, 6) is 0.805. The monoisotopic (exact) mass is 382 g/mol. The van der Waals surface area contributed by atoms with Crippen molar-refractivity contribution in [2.24, 2.45) is 5.92 Å². The maximum Gasteiger partial charge on any atom is 0.225 e. The van der Waals surface area contributed by atoms with Gasteiger partial charge in [-0.15, -0.1) is 0 Å². The van der Waals surface area contributed by atoms with Crippen molar-refractivity contribution in [3.05, 3.63) is 65.0 Å². The van der Waals surface area contributed by atoms with Gasteiger partial charge in [0.1, 0.15) is 11.6 Å². The number of ether oxygens (including phenoxy) is 1. The van der Waals surface area contributed by atoms with Crippen LogP contribution in [0.2, 0.25) is 0 Å². The van der Waals surface area contributed by atoms with E-state index in [4.69, 9.17) is 4.74 Å². The molecule has 2 aliphatic heterocycles. The quantitative estimate of drug-likeness (QED) is 0.796. The predicted octanol–water partition coefficient (Wildman–Crippen LogP) is 3.28. The lowest BCUT2D eigenvalue weighted by atomic mass is 9.99. The van der Waals surface area contributed by atoms with Gasteiger partial charge < -0.3 is 9.64 Å². The predicted molar refractivity (Wildman–Crippen MR) is 107 cm³/mol. The molecule has 28 heavy (non-hydrogen) atoms. The number of fused-ring (bicyclic) bond motifs is 1. The smallest absolute Gasteiger partial charge is 0.225 e. The van der Waals surface area contributed by atoms with Gasteiger partial charge in [-0.1, -0.05) is 31.2 Å². The molecule has 1 fully saturated rings. The second kappa shape index (κ2) is 8.31. The van der Waals surface area contributed by atoms with Gasteiger partial charge in [0.25, 0.3) is 0 Å². The van der Waals surface area contributed by atoms with Gasteiger partial charge in [0.05, 0.1) is 6.61 Å². The van der Waals surface area contributed by atoms with Crippen LogP contribution in [-0.4, -0.2) is 48.5 Å². The van der Waals surface area contributed by atoms with Gasteiger partial charge in [-0.3, -0.25) is 9.69 Å². The summed E-state index contributed by atoms with van der Waals surface area (Å²) in [5, 5.41) is 0. The van der Waals surface area contributed by atoms with E-state index in [-0.39, 0.29) is 17.6 Å². The molecule has 148 valence electrons. The van der Waals surface area contributed by atoms with E-state index in [1.54, 1.807) is 6.07 Å². The third-order valence-corrected chi connectivity index (χ3v) is 5.70. The molecule has 0 saturated carbocycles. The van der Waals surface area contributed by atoms with Crippen LogP contribution < -0.4 is 4.74 Å². The number of hydrogen-bond acceptors (Lipinski definition) is 3. The summed E-state index contributed by atoms with van der Waals surface area (Å²) in [5.41, 5.74) is 3.49. The Balaban J connectivity index is 1.28. The lowest BCUT2D eigenvalue weighted by Gasteiger charge is -2.36. The third-order valence-electron chi connectivity index (χ3n) is 5.70. The summed E-state index contributed by atoms with van der Waals surface area (Å²) in [6.45, 7) is 6.90. The maximum absolute atomic E-state index is 13.4. The first-order valence-electron chi connectivity index (χ1n) is 10.1. The minimum absolute atomic E-state index is 0.134. The number of nitrogens with zero attached hydrogens (tertiary/aromatic N) is 2. The molecule has 0 aliphatic carbocycles. The minimum Gasteiger partial charge on any atom is -0.493 e. The normalized spacial score (nSPS) is 17.9. The zero-order valence-electron chi connectivity index (χ0n) is 16.4. The molecule has 0 aromatic heterocycles. The summed E-state index contributed by atoms with van der Waals surface area (Å²) in [6, 6.07) is 13.0. The van der Waals surface area contributed by atoms with E-state index in [9.17, 15) is 9.18 Å². The number of amides is 1. The molecule has 0 bridgehead atoms. The molecule has 4 nitrogen and oxygen atoms in total. The molecule has 2 heterocycles. The van der Waals surface area contributed by atoms with E-state index in [0.717, 1.165) is 57.1 Å². The van der Waals surface area contributed by atoms with Crippen molar-refractivity contribution in [3.63, 3.8) is 0 Å². The van der Waals surface area contributed by atoms with E-state index in [0.29, 0.717) is 6.42 Å². The molecule has 2 aliphatic rings. The third kappa shape index (κ3) is 4.36. The van der Waals surface area contributed by atoms with Crippen LogP contribution in [0, 0.1) is 11.7 Å². The molecular weight excluding hydrogens is 355 g/mol. The van der Waals surface area contributed by atoms with E-state index in [1.165, 1.54) is 23.3 Å². The van der Waals surface area contributed by atoms with Crippen molar-refractivity contribution in [1.29, 1.82) is 0 Å². The van der Waals surface area contributed by atoms with Gasteiger partial charge in [0, 0.05) is 45.1 Å². The van der Waals surface area contributed by atoms with E-state index < -0.39 is 0 Å². The number of rotatable bonds is 5. The Morgan fingerprint density at radius 1 is 1.11 bits per heavy atom. The molecule has 4 rings (SSSR count). The first-order chi connectivity index (χ1) is 13.6. The second-order valence-corrected chi connectivity index (χ2v) is 7.88. The van der Waals surface area contributed by atoms with Crippen LogP contribution in [-0.2, 0) is 24.2 Å². The highest BCUT2D eigenvalue weighted by Gasteiger charge is 2.25. The Hall–Kier alpha value is -2.40. The van der Waals surface area contributed by atoms with Crippen molar-refractivity contribution in [1.82, 2.24) is 9.80 Å². The van der Waals surface area contributed by atoms with Crippen molar-refractivity contribution < 1.29 is 13.9 Å². The number of hydrogen-bond donors (Lipinski definition) is 0. The summed E-state index contributed by atoms with van der Waals surface area (Å²) in [4.78, 5) is 17.1. The van der Waals surface area contributed by atoms with Crippen LogP contribution in [0.15, 0.2) is 42.5 Å². The van der Waals surface area contributed by atoms with Gasteiger partial charge >= 0.3 is 0 Å². The van der Waals surface area contributed by atoms with E-state index >= 15 is 0 Å². The van der Waals surface area contributed by atoms with Gasteiger partial charge in [0.15, 0.2) is 0 Å². The molecular formula is C23H27FN2O2. The Kier molecular flexibility index (Phi) is 5.62. The lowest BCUT2D eigenvalue weighted by Crippen LogP contribution is -2.49. The molecule has 0 spiro atoms. The largest absolute Gasteiger partial charge is 0.493 e. The molecule has 2 aromatic carbocycles. The Bertz CT molecular complexity index is 846. The average molecular weight is 382 g/mol. The Labute approximate surface area is 165 Å².